The van der Waals surface area contributed by atoms with Crippen LogP contribution >= 0.6 is 0 Å². The van der Waals surface area contributed by atoms with Gasteiger partial charge in [-0.1, -0.05) is 18.5 Å². The van der Waals surface area contributed by atoms with E-state index in [1.54, 1.807) is 11.8 Å². The molecule has 0 aliphatic carbocycles. The van der Waals surface area contributed by atoms with Crippen molar-refractivity contribution < 1.29 is 14.4 Å². The molecule has 1 amide bonds. The second-order valence-corrected chi connectivity index (χ2v) is 4.43. The van der Waals surface area contributed by atoms with Crippen molar-refractivity contribution in [3.05, 3.63) is 17.5 Å². The number of likely N-dealkylation sites (tertiary alicyclic amines) is 1. The van der Waals surface area contributed by atoms with Gasteiger partial charge >= 0.3 is 0 Å². The van der Waals surface area contributed by atoms with Crippen molar-refractivity contribution in [3.8, 4) is 0 Å². The van der Waals surface area contributed by atoms with Crippen LogP contribution in [0.4, 0.5) is 0 Å². The molecule has 1 aliphatic rings. The zero-order chi connectivity index (χ0) is 11.8. The number of carbonyl (C=O) groups is 1. The Bertz CT molecular complexity index is 394. The highest BCUT2D eigenvalue weighted by Gasteiger charge is 2.43. The van der Waals surface area contributed by atoms with Gasteiger partial charge in [-0.2, -0.15) is 0 Å². The van der Waals surface area contributed by atoms with Crippen LogP contribution in [0.1, 0.15) is 35.9 Å². The third-order valence-corrected chi connectivity index (χ3v) is 2.95. The summed E-state index contributed by atoms with van der Waals surface area (Å²) >= 11 is 0. The van der Waals surface area contributed by atoms with E-state index < -0.39 is 5.60 Å². The predicted octanol–water partition coefficient (Wildman–Crippen LogP) is 0.970. The number of aryl methyl sites for hydroxylation is 1. The monoisotopic (exact) mass is 224 g/mol. The first-order valence-electron chi connectivity index (χ1n) is 5.49. The van der Waals surface area contributed by atoms with E-state index in [1.165, 1.54) is 6.20 Å². The molecule has 0 radical (unpaired) electrons. The maximum atomic E-state index is 11.9. The van der Waals surface area contributed by atoms with Gasteiger partial charge in [0.2, 0.25) is 0 Å². The molecular formula is C11H16N2O3. The van der Waals surface area contributed by atoms with Gasteiger partial charge in [-0.05, 0) is 13.3 Å². The molecule has 0 saturated carbocycles. The van der Waals surface area contributed by atoms with Crippen LogP contribution in [-0.4, -0.2) is 39.8 Å². The van der Waals surface area contributed by atoms with Crippen molar-refractivity contribution in [1.29, 1.82) is 0 Å². The van der Waals surface area contributed by atoms with Crippen molar-refractivity contribution >= 4 is 5.91 Å². The Balaban J connectivity index is 1.98. The topological polar surface area (TPSA) is 66.6 Å². The summed E-state index contributed by atoms with van der Waals surface area (Å²) in [6.07, 6.45) is 3.08. The second kappa shape index (κ2) is 3.90. The zero-order valence-corrected chi connectivity index (χ0v) is 9.56. The van der Waals surface area contributed by atoms with Gasteiger partial charge in [0.25, 0.3) is 5.91 Å². The second-order valence-electron chi connectivity index (χ2n) is 4.43. The highest BCUT2D eigenvalue weighted by atomic mass is 16.5. The average molecular weight is 224 g/mol. The van der Waals surface area contributed by atoms with E-state index in [-0.39, 0.29) is 5.91 Å². The van der Waals surface area contributed by atoms with E-state index >= 15 is 0 Å². The number of aromatic nitrogens is 1. The van der Waals surface area contributed by atoms with Crippen LogP contribution in [-0.2, 0) is 0 Å². The first-order chi connectivity index (χ1) is 7.56. The summed E-state index contributed by atoms with van der Waals surface area (Å²) in [6.45, 7) is 4.54. The van der Waals surface area contributed by atoms with E-state index in [0.29, 0.717) is 24.4 Å². The normalized spacial score (nSPS) is 18.3. The Morgan fingerprint density at radius 2 is 2.38 bits per heavy atom. The van der Waals surface area contributed by atoms with Crippen LogP contribution in [0.25, 0.3) is 0 Å². The fourth-order valence-electron chi connectivity index (χ4n) is 2.11. The lowest BCUT2D eigenvalue weighted by Crippen LogP contribution is -2.63. The fourth-order valence-corrected chi connectivity index (χ4v) is 2.11. The largest absolute Gasteiger partial charge is 0.386 e. The van der Waals surface area contributed by atoms with Crippen LogP contribution in [0, 0.1) is 6.92 Å². The van der Waals surface area contributed by atoms with Gasteiger partial charge in [0.15, 0.2) is 0 Å². The molecule has 16 heavy (non-hydrogen) atoms. The Kier molecular flexibility index (Phi) is 2.71. The van der Waals surface area contributed by atoms with Gasteiger partial charge < -0.3 is 14.5 Å². The zero-order valence-electron chi connectivity index (χ0n) is 9.56. The predicted molar refractivity (Wildman–Crippen MR) is 57.0 cm³/mol. The van der Waals surface area contributed by atoms with Gasteiger partial charge in [-0.25, -0.2) is 0 Å². The summed E-state index contributed by atoms with van der Waals surface area (Å²) in [5.41, 5.74) is -0.200. The Morgan fingerprint density at radius 1 is 1.69 bits per heavy atom. The highest BCUT2D eigenvalue weighted by molar-refractivity contribution is 5.95. The molecule has 2 rings (SSSR count). The molecule has 1 saturated heterocycles. The molecule has 0 unspecified atom stereocenters. The minimum absolute atomic E-state index is 0.112. The number of carbonyl (C=O) groups excluding carboxylic acids is 1. The summed E-state index contributed by atoms with van der Waals surface area (Å²) in [5.74, 6) is 0.412. The summed E-state index contributed by atoms with van der Waals surface area (Å²) in [7, 11) is 0. The van der Waals surface area contributed by atoms with Gasteiger partial charge in [0.1, 0.15) is 11.3 Å². The summed E-state index contributed by atoms with van der Waals surface area (Å²) < 4.78 is 4.84. The van der Waals surface area contributed by atoms with E-state index in [2.05, 4.69) is 5.16 Å². The average Bonchev–Trinajstić information content (AvgIpc) is 2.60. The molecule has 0 aromatic carbocycles. The summed E-state index contributed by atoms with van der Waals surface area (Å²) in [5, 5.41) is 13.5. The van der Waals surface area contributed by atoms with Crippen LogP contribution in [0.3, 0.4) is 0 Å². The maximum Gasteiger partial charge on any atom is 0.259 e. The molecule has 1 N–H and O–H groups in total. The maximum absolute atomic E-state index is 11.9. The van der Waals surface area contributed by atoms with Crippen LogP contribution in [0.15, 0.2) is 10.7 Å². The third-order valence-electron chi connectivity index (χ3n) is 2.95. The number of amides is 1. The molecule has 5 heteroatoms. The van der Waals surface area contributed by atoms with Gasteiger partial charge in [0, 0.05) is 0 Å². The van der Waals surface area contributed by atoms with Crippen molar-refractivity contribution in [3.63, 3.8) is 0 Å². The molecule has 88 valence electrons. The SMILES string of the molecule is CCCC1(O)CN(C(=O)c2cnoc2C)C1. The van der Waals surface area contributed by atoms with Crippen molar-refractivity contribution in [2.24, 2.45) is 0 Å². The standard InChI is InChI=1S/C11H16N2O3/c1-3-4-11(15)6-13(7-11)10(14)9-5-12-16-8(9)2/h5,15H,3-4,6-7H2,1-2H3. The van der Waals surface area contributed by atoms with E-state index in [1.807, 2.05) is 6.92 Å². The molecule has 0 bridgehead atoms. The molecule has 0 atom stereocenters. The molecule has 1 aromatic heterocycles. The Hall–Kier alpha value is -1.36. The van der Waals surface area contributed by atoms with Gasteiger partial charge in [0.05, 0.1) is 24.9 Å². The number of hydrogen-bond donors (Lipinski definition) is 1. The lowest BCUT2D eigenvalue weighted by molar-refractivity contribution is -0.0860. The highest BCUT2D eigenvalue weighted by Crippen LogP contribution is 2.27. The first-order valence-corrected chi connectivity index (χ1v) is 5.49. The van der Waals surface area contributed by atoms with E-state index in [9.17, 15) is 9.90 Å². The van der Waals surface area contributed by atoms with E-state index in [0.717, 1.165) is 12.8 Å². The minimum atomic E-state index is -0.685. The molecule has 1 fully saturated rings. The van der Waals surface area contributed by atoms with Gasteiger partial charge in [-0.15, -0.1) is 0 Å². The molecule has 1 aliphatic heterocycles. The summed E-state index contributed by atoms with van der Waals surface area (Å²) in [6, 6.07) is 0. The number of nitrogens with zero attached hydrogens (tertiary/aromatic N) is 2. The smallest absolute Gasteiger partial charge is 0.259 e. The molecular weight excluding hydrogens is 208 g/mol. The molecule has 5 nitrogen and oxygen atoms in total. The number of β-amino-alcohol motifs (C(OH)–C–C–N with tert-alkyl or cyclic N) is 1. The first kappa shape index (κ1) is 11.1. The number of aliphatic hydroxyl groups is 1. The Morgan fingerprint density at radius 3 is 2.88 bits per heavy atom. The van der Waals surface area contributed by atoms with Crippen LogP contribution in [0.5, 0.6) is 0 Å². The molecule has 1 aromatic rings. The number of rotatable bonds is 3. The van der Waals surface area contributed by atoms with Gasteiger partial charge in [-0.3, -0.25) is 4.79 Å². The van der Waals surface area contributed by atoms with Crippen LogP contribution < -0.4 is 0 Å². The van der Waals surface area contributed by atoms with Crippen molar-refractivity contribution in [2.45, 2.75) is 32.3 Å². The fraction of sp³-hybridized carbons (Fsp3) is 0.636. The summed E-state index contributed by atoms with van der Waals surface area (Å²) in [4.78, 5) is 13.5. The Labute approximate surface area is 94.0 Å². The third kappa shape index (κ3) is 1.82. The quantitative estimate of drug-likeness (QED) is 0.830. The molecule has 0 spiro atoms. The van der Waals surface area contributed by atoms with Crippen LogP contribution in [0.2, 0.25) is 0 Å². The van der Waals surface area contributed by atoms with Crippen molar-refractivity contribution in [2.75, 3.05) is 13.1 Å². The molecule has 2 heterocycles. The minimum Gasteiger partial charge on any atom is -0.386 e. The van der Waals surface area contributed by atoms with Crippen molar-refractivity contribution in [1.82, 2.24) is 10.1 Å². The number of hydrogen-bond acceptors (Lipinski definition) is 4. The van der Waals surface area contributed by atoms with E-state index in [4.69, 9.17) is 4.52 Å². The lowest BCUT2D eigenvalue weighted by atomic mass is 9.89. The lowest BCUT2D eigenvalue weighted by Gasteiger charge is -2.46.